The molecular formula is C20H20ClN3O2S. The van der Waals surface area contributed by atoms with Crippen molar-refractivity contribution in [3.05, 3.63) is 79.9 Å². The Hall–Kier alpha value is -2.15. The van der Waals surface area contributed by atoms with Crippen molar-refractivity contribution in [3.63, 3.8) is 0 Å². The molecule has 0 aliphatic carbocycles. The van der Waals surface area contributed by atoms with Gasteiger partial charge in [-0.05, 0) is 34.9 Å². The molecule has 1 aliphatic rings. The van der Waals surface area contributed by atoms with Crippen LogP contribution in [0, 0.1) is 0 Å². The topological polar surface area (TPSA) is 47.4 Å². The molecule has 1 fully saturated rings. The van der Waals surface area contributed by atoms with Crippen LogP contribution < -0.4 is 10.5 Å². The minimum atomic E-state index is -0.274. The molecule has 3 heterocycles. The summed E-state index contributed by atoms with van der Waals surface area (Å²) in [5, 5.41) is 8.71. The lowest BCUT2D eigenvalue weighted by atomic mass is 10.1. The van der Waals surface area contributed by atoms with Gasteiger partial charge < -0.3 is 9.64 Å². The van der Waals surface area contributed by atoms with Gasteiger partial charge in [-0.1, -0.05) is 41.9 Å². The van der Waals surface area contributed by atoms with Crippen molar-refractivity contribution in [3.8, 4) is 0 Å². The van der Waals surface area contributed by atoms with Crippen LogP contribution >= 0.6 is 22.9 Å². The quantitative estimate of drug-likeness (QED) is 0.663. The molecule has 4 rings (SSSR count). The van der Waals surface area contributed by atoms with Crippen LogP contribution in [0.5, 0.6) is 0 Å². The van der Waals surface area contributed by atoms with E-state index in [2.05, 4.69) is 21.4 Å². The second-order valence-electron chi connectivity index (χ2n) is 6.69. The summed E-state index contributed by atoms with van der Waals surface area (Å²) in [5.41, 5.74) is 2.55. The lowest BCUT2D eigenvalue weighted by Gasteiger charge is -2.38. The molecule has 2 unspecified atom stereocenters. The van der Waals surface area contributed by atoms with Crippen molar-refractivity contribution in [2.75, 3.05) is 18.0 Å². The average Bonchev–Trinajstić information content (AvgIpc) is 3.21. The van der Waals surface area contributed by atoms with Crippen molar-refractivity contribution < 1.29 is 4.74 Å². The van der Waals surface area contributed by atoms with Crippen LogP contribution in [-0.2, 0) is 11.3 Å². The van der Waals surface area contributed by atoms with E-state index in [0.29, 0.717) is 25.3 Å². The summed E-state index contributed by atoms with van der Waals surface area (Å²) in [6, 6.07) is 11.8. The van der Waals surface area contributed by atoms with E-state index in [9.17, 15) is 4.79 Å². The summed E-state index contributed by atoms with van der Waals surface area (Å²) in [7, 11) is 0. The summed E-state index contributed by atoms with van der Waals surface area (Å²) in [6.45, 7) is 3.75. The van der Waals surface area contributed by atoms with Crippen molar-refractivity contribution in [1.29, 1.82) is 0 Å². The predicted molar refractivity (Wildman–Crippen MR) is 109 cm³/mol. The molecular weight excluding hydrogens is 382 g/mol. The number of benzene rings is 1. The minimum absolute atomic E-state index is 0.0338. The number of morpholine rings is 1. The van der Waals surface area contributed by atoms with Crippen LogP contribution in [0.15, 0.2) is 58.1 Å². The van der Waals surface area contributed by atoms with E-state index in [-0.39, 0.29) is 22.8 Å². The molecule has 0 radical (unpaired) electrons. The van der Waals surface area contributed by atoms with Crippen LogP contribution in [0.2, 0.25) is 5.02 Å². The number of hydrogen-bond acceptors (Lipinski definition) is 5. The summed E-state index contributed by atoms with van der Waals surface area (Å²) < 4.78 is 7.48. The first-order valence-electron chi connectivity index (χ1n) is 8.84. The molecule has 27 heavy (non-hydrogen) atoms. The number of halogens is 1. The summed E-state index contributed by atoms with van der Waals surface area (Å²) in [5.74, 6) is 0. The first kappa shape index (κ1) is 18.2. The maximum atomic E-state index is 12.7. The highest BCUT2D eigenvalue weighted by Gasteiger charge is 2.29. The van der Waals surface area contributed by atoms with Gasteiger partial charge in [0.15, 0.2) is 0 Å². The molecule has 0 saturated carbocycles. The van der Waals surface area contributed by atoms with Gasteiger partial charge in [-0.25, -0.2) is 4.68 Å². The standard InChI is InChI=1S/C20H20ClN3O2S/c1-14-10-23(12-18(26-14)16-7-8-27-13-16)17-9-22-24(20(25)19(17)21)11-15-5-3-2-4-6-15/h2-9,13-14,18H,10-12H2,1H3. The Morgan fingerprint density at radius 2 is 2.07 bits per heavy atom. The molecule has 0 spiro atoms. The Balaban J connectivity index is 1.60. The van der Waals surface area contributed by atoms with E-state index in [0.717, 1.165) is 11.1 Å². The zero-order chi connectivity index (χ0) is 18.8. The monoisotopic (exact) mass is 401 g/mol. The third-order valence-corrected chi connectivity index (χ3v) is 5.71. The van der Waals surface area contributed by atoms with Crippen LogP contribution in [-0.4, -0.2) is 29.0 Å². The molecule has 140 valence electrons. The second kappa shape index (κ2) is 7.84. The van der Waals surface area contributed by atoms with E-state index in [1.165, 1.54) is 4.68 Å². The highest BCUT2D eigenvalue weighted by Crippen LogP contribution is 2.31. The Morgan fingerprint density at radius 3 is 2.81 bits per heavy atom. The first-order valence-corrected chi connectivity index (χ1v) is 10.2. The number of thiophene rings is 1. The Kier molecular flexibility index (Phi) is 5.29. The number of hydrogen-bond donors (Lipinski definition) is 0. The highest BCUT2D eigenvalue weighted by molar-refractivity contribution is 7.07. The van der Waals surface area contributed by atoms with Crippen LogP contribution in [0.3, 0.4) is 0 Å². The first-order chi connectivity index (χ1) is 13.1. The normalized spacial score (nSPS) is 20.0. The van der Waals surface area contributed by atoms with Gasteiger partial charge in [0.05, 0.1) is 24.5 Å². The van der Waals surface area contributed by atoms with E-state index < -0.39 is 0 Å². The maximum absolute atomic E-state index is 12.7. The van der Waals surface area contributed by atoms with E-state index in [4.69, 9.17) is 16.3 Å². The molecule has 0 N–H and O–H groups in total. The van der Waals surface area contributed by atoms with Gasteiger partial charge in [0.25, 0.3) is 5.56 Å². The number of anilines is 1. The SMILES string of the molecule is CC1CN(c2cnn(Cc3ccccc3)c(=O)c2Cl)CC(c2ccsc2)O1. The molecule has 3 aromatic rings. The fourth-order valence-electron chi connectivity index (χ4n) is 3.34. The lowest BCUT2D eigenvalue weighted by molar-refractivity contribution is -0.0171. The Labute approximate surface area is 166 Å². The number of aromatic nitrogens is 2. The zero-order valence-corrected chi connectivity index (χ0v) is 16.5. The second-order valence-corrected chi connectivity index (χ2v) is 7.85. The van der Waals surface area contributed by atoms with Gasteiger partial charge in [0.1, 0.15) is 11.1 Å². The van der Waals surface area contributed by atoms with Crippen molar-refractivity contribution in [2.24, 2.45) is 0 Å². The largest absolute Gasteiger partial charge is 0.367 e. The Bertz CT molecular complexity index is 959. The molecule has 2 atom stereocenters. The van der Waals surface area contributed by atoms with Gasteiger partial charge in [0, 0.05) is 13.1 Å². The third kappa shape index (κ3) is 3.93. The smallest absolute Gasteiger partial charge is 0.287 e. The molecule has 0 amide bonds. The summed E-state index contributed by atoms with van der Waals surface area (Å²) >= 11 is 8.11. The summed E-state index contributed by atoms with van der Waals surface area (Å²) in [4.78, 5) is 14.8. The van der Waals surface area contributed by atoms with Gasteiger partial charge in [-0.2, -0.15) is 16.4 Å². The Morgan fingerprint density at radius 1 is 1.26 bits per heavy atom. The fourth-order valence-corrected chi connectivity index (χ4v) is 4.30. The summed E-state index contributed by atoms with van der Waals surface area (Å²) in [6.07, 6.45) is 1.68. The van der Waals surface area contributed by atoms with Crippen LogP contribution in [0.1, 0.15) is 24.2 Å². The van der Waals surface area contributed by atoms with Gasteiger partial charge in [-0.15, -0.1) is 0 Å². The lowest BCUT2D eigenvalue weighted by Crippen LogP contribution is -2.43. The van der Waals surface area contributed by atoms with Crippen molar-refractivity contribution in [2.45, 2.75) is 25.7 Å². The number of nitrogens with zero attached hydrogens (tertiary/aromatic N) is 3. The molecule has 1 aliphatic heterocycles. The molecule has 5 nitrogen and oxygen atoms in total. The van der Waals surface area contributed by atoms with Gasteiger partial charge in [0.2, 0.25) is 0 Å². The fraction of sp³-hybridized carbons (Fsp3) is 0.300. The number of rotatable bonds is 4. The minimum Gasteiger partial charge on any atom is -0.367 e. The van der Waals surface area contributed by atoms with Gasteiger partial charge in [-0.3, -0.25) is 4.79 Å². The molecule has 7 heteroatoms. The maximum Gasteiger partial charge on any atom is 0.287 e. The number of ether oxygens (including phenoxy) is 1. The van der Waals surface area contributed by atoms with Crippen LogP contribution in [0.25, 0.3) is 0 Å². The van der Waals surface area contributed by atoms with Gasteiger partial charge >= 0.3 is 0 Å². The third-order valence-electron chi connectivity index (χ3n) is 4.66. The molecule has 1 saturated heterocycles. The molecule has 2 aromatic heterocycles. The van der Waals surface area contributed by atoms with E-state index >= 15 is 0 Å². The van der Waals surface area contributed by atoms with Crippen LogP contribution in [0.4, 0.5) is 5.69 Å². The molecule has 1 aromatic carbocycles. The van der Waals surface area contributed by atoms with E-state index in [1.54, 1.807) is 17.5 Å². The van der Waals surface area contributed by atoms with Crippen molar-refractivity contribution in [1.82, 2.24) is 9.78 Å². The predicted octanol–water partition coefficient (Wildman–Crippen LogP) is 3.97. The van der Waals surface area contributed by atoms with Crippen molar-refractivity contribution >= 4 is 28.6 Å². The average molecular weight is 402 g/mol. The highest BCUT2D eigenvalue weighted by atomic mass is 35.5. The molecule has 0 bridgehead atoms. The zero-order valence-electron chi connectivity index (χ0n) is 14.9. The van der Waals surface area contributed by atoms with E-state index in [1.807, 2.05) is 42.6 Å².